The molecular formula is C27H27N3O5S. The predicted molar refractivity (Wildman–Crippen MR) is 137 cm³/mol. The Morgan fingerprint density at radius 1 is 1.19 bits per heavy atom. The van der Waals surface area contributed by atoms with E-state index in [2.05, 4.69) is 0 Å². The molecule has 0 saturated carbocycles. The van der Waals surface area contributed by atoms with Crippen molar-refractivity contribution in [1.29, 1.82) is 0 Å². The number of para-hydroxylation sites is 1. The van der Waals surface area contributed by atoms with Gasteiger partial charge in [0.1, 0.15) is 11.8 Å². The van der Waals surface area contributed by atoms with Crippen molar-refractivity contribution in [1.82, 2.24) is 9.47 Å². The highest BCUT2D eigenvalue weighted by Gasteiger charge is 2.35. The van der Waals surface area contributed by atoms with Gasteiger partial charge in [-0.05, 0) is 50.6 Å². The third-order valence-electron chi connectivity index (χ3n) is 6.43. The van der Waals surface area contributed by atoms with E-state index in [-0.39, 0.29) is 18.3 Å². The standard InChI is InChI=1S/C27H27N3O5S/c1-5-29(6-2)26(32)23-16(3)28-27-30(24(23)18-9-7-8-10-19(18)33-4)25(31)22(36-27)14-17-11-12-20-21(13-17)35-15-34-20/h7-14,24H,5-6,15H2,1-4H3/b22-14+/t24-/m0/s1. The summed E-state index contributed by atoms with van der Waals surface area (Å²) in [5.41, 5.74) is 2.41. The minimum Gasteiger partial charge on any atom is -0.496 e. The number of rotatable bonds is 6. The minimum atomic E-state index is -0.663. The van der Waals surface area contributed by atoms with Gasteiger partial charge in [0.2, 0.25) is 6.79 Å². The van der Waals surface area contributed by atoms with Crippen LogP contribution < -0.4 is 29.1 Å². The molecule has 0 unspecified atom stereocenters. The first kappa shape index (κ1) is 23.9. The lowest BCUT2D eigenvalue weighted by Gasteiger charge is -2.29. The average molecular weight is 506 g/mol. The third kappa shape index (κ3) is 3.99. The molecule has 0 N–H and O–H groups in total. The topological polar surface area (TPSA) is 82.4 Å². The second-order valence-corrected chi connectivity index (χ2v) is 9.42. The van der Waals surface area contributed by atoms with Crippen LogP contribution >= 0.6 is 11.3 Å². The largest absolute Gasteiger partial charge is 0.496 e. The molecule has 9 heteroatoms. The smallest absolute Gasteiger partial charge is 0.271 e. The Bertz CT molecular complexity index is 1550. The van der Waals surface area contributed by atoms with Crippen LogP contribution in [0.25, 0.3) is 6.08 Å². The molecule has 3 aromatic rings. The summed E-state index contributed by atoms with van der Waals surface area (Å²) in [5.74, 6) is 1.79. The summed E-state index contributed by atoms with van der Waals surface area (Å²) in [6.07, 6.45) is 1.82. The number of thiazole rings is 1. The molecular weight excluding hydrogens is 478 g/mol. The van der Waals surface area contributed by atoms with E-state index in [0.29, 0.717) is 50.9 Å². The van der Waals surface area contributed by atoms with E-state index in [1.54, 1.807) is 16.6 Å². The van der Waals surface area contributed by atoms with Crippen LogP contribution in [0.15, 0.2) is 63.5 Å². The van der Waals surface area contributed by atoms with Gasteiger partial charge in [0.15, 0.2) is 16.3 Å². The predicted octanol–water partition coefficient (Wildman–Crippen LogP) is 2.84. The van der Waals surface area contributed by atoms with Gasteiger partial charge in [0.05, 0.1) is 22.9 Å². The zero-order valence-electron chi connectivity index (χ0n) is 20.6. The summed E-state index contributed by atoms with van der Waals surface area (Å²) in [7, 11) is 1.59. The Kier molecular flexibility index (Phi) is 6.40. The van der Waals surface area contributed by atoms with Crippen LogP contribution in [0.4, 0.5) is 0 Å². The lowest BCUT2D eigenvalue weighted by molar-refractivity contribution is -0.127. The van der Waals surface area contributed by atoms with Gasteiger partial charge in [0.25, 0.3) is 11.5 Å². The van der Waals surface area contributed by atoms with Crippen LogP contribution in [0.3, 0.4) is 0 Å². The zero-order chi connectivity index (χ0) is 25.4. The summed E-state index contributed by atoms with van der Waals surface area (Å²) in [4.78, 5) is 34.6. The highest BCUT2D eigenvalue weighted by Crippen LogP contribution is 2.36. The number of ether oxygens (including phenoxy) is 3. The highest BCUT2D eigenvalue weighted by atomic mass is 32.1. The van der Waals surface area contributed by atoms with Crippen LogP contribution in [-0.2, 0) is 4.79 Å². The molecule has 2 aliphatic heterocycles. The normalized spacial score (nSPS) is 16.6. The molecule has 2 aromatic carbocycles. The molecule has 0 bridgehead atoms. The number of fused-ring (bicyclic) bond motifs is 2. The first-order valence-corrected chi connectivity index (χ1v) is 12.6. The molecule has 8 nitrogen and oxygen atoms in total. The Labute approximate surface area is 212 Å². The number of likely N-dealkylation sites (N-methyl/N-ethyl adjacent to an activating group) is 1. The van der Waals surface area contributed by atoms with Crippen LogP contribution in [0.1, 0.15) is 37.9 Å². The van der Waals surface area contributed by atoms with E-state index in [4.69, 9.17) is 19.2 Å². The van der Waals surface area contributed by atoms with Crippen LogP contribution in [0.5, 0.6) is 17.2 Å². The molecule has 3 heterocycles. The second kappa shape index (κ2) is 9.66. The maximum atomic E-state index is 13.9. The first-order chi connectivity index (χ1) is 17.5. The van der Waals surface area contributed by atoms with Gasteiger partial charge in [0, 0.05) is 18.7 Å². The number of hydrogen-bond acceptors (Lipinski definition) is 7. The van der Waals surface area contributed by atoms with Crippen molar-refractivity contribution >= 4 is 23.3 Å². The maximum Gasteiger partial charge on any atom is 0.271 e. The molecule has 1 amide bonds. The number of allylic oxidation sites excluding steroid dienone is 1. The van der Waals surface area contributed by atoms with Crippen molar-refractivity contribution in [3.05, 3.63) is 84.5 Å². The monoisotopic (exact) mass is 505 g/mol. The van der Waals surface area contributed by atoms with Gasteiger partial charge in [-0.2, -0.15) is 0 Å². The van der Waals surface area contributed by atoms with Gasteiger partial charge >= 0.3 is 0 Å². The summed E-state index contributed by atoms with van der Waals surface area (Å²) in [6, 6.07) is 12.4. The number of carbonyl (C=O) groups excluding carboxylic acids is 1. The fourth-order valence-electron chi connectivity index (χ4n) is 4.62. The van der Waals surface area contributed by atoms with Gasteiger partial charge in [-0.25, -0.2) is 4.99 Å². The molecule has 0 radical (unpaired) electrons. The number of amides is 1. The summed E-state index contributed by atoms with van der Waals surface area (Å²) in [6.45, 7) is 7.00. The van der Waals surface area contributed by atoms with Crippen molar-refractivity contribution in [3.63, 3.8) is 0 Å². The molecule has 0 fully saturated rings. The quantitative estimate of drug-likeness (QED) is 0.515. The lowest BCUT2D eigenvalue weighted by atomic mass is 9.94. The van der Waals surface area contributed by atoms with Crippen molar-refractivity contribution in [2.24, 2.45) is 4.99 Å². The number of methoxy groups -OCH3 is 1. The summed E-state index contributed by atoms with van der Waals surface area (Å²) < 4.78 is 18.7. The van der Waals surface area contributed by atoms with Crippen LogP contribution in [0, 0.1) is 0 Å². The molecule has 5 rings (SSSR count). The van der Waals surface area contributed by atoms with Crippen molar-refractivity contribution < 1.29 is 19.0 Å². The fraction of sp³-hybridized carbons (Fsp3) is 0.296. The SMILES string of the molecule is CCN(CC)C(=O)C1=C(C)N=c2s/c(=C/c3ccc4c(c3)OCO4)c(=O)n2[C@H]1c1ccccc1OC. The van der Waals surface area contributed by atoms with Gasteiger partial charge in [-0.3, -0.25) is 14.2 Å². The maximum absolute atomic E-state index is 13.9. The minimum absolute atomic E-state index is 0.137. The number of aromatic nitrogens is 1. The number of hydrogen-bond donors (Lipinski definition) is 0. The van der Waals surface area contributed by atoms with Crippen LogP contribution in [0.2, 0.25) is 0 Å². The van der Waals surface area contributed by atoms with E-state index in [9.17, 15) is 9.59 Å². The molecule has 36 heavy (non-hydrogen) atoms. The molecule has 1 atom stereocenters. The van der Waals surface area contributed by atoms with Gasteiger partial charge in [-0.1, -0.05) is 35.6 Å². The molecule has 0 saturated heterocycles. The van der Waals surface area contributed by atoms with Gasteiger partial charge in [-0.15, -0.1) is 0 Å². The third-order valence-corrected chi connectivity index (χ3v) is 7.41. The zero-order valence-corrected chi connectivity index (χ0v) is 21.4. The molecule has 1 aromatic heterocycles. The van der Waals surface area contributed by atoms with Crippen molar-refractivity contribution in [2.75, 3.05) is 27.0 Å². The Morgan fingerprint density at radius 2 is 1.94 bits per heavy atom. The van der Waals surface area contributed by atoms with E-state index in [1.807, 2.05) is 69.3 Å². The molecule has 0 spiro atoms. The Morgan fingerprint density at radius 3 is 2.69 bits per heavy atom. The summed E-state index contributed by atoms with van der Waals surface area (Å²) in [5, 5.41) is 0. The summed E-state index contributed by atoms with van der Waals surface area (Å²) >= 11 is 1.30. The average Bonchev–Trinajstić information content (AvgIpc) is 3.47. The fourth-order valence-corrected chi connectivity index (χ4v) is 5.66. The number of carbonyl (C=O) groups is 1. The van der Waals surface area contributed by atoms with E-state index < -0.39 is 6.04 Å². The molecule has 2 aliphatic rings. The Balaban J connectivity index is 1.72. The lowest BCUT2D eigenvalue weighted by Crippen LogP contribution is -2.43. The van der Waals surface area contributed by atoms with E-state index in [0.717, 1.165) is 11.1 Å². The van der Waals surface area contributed by atoms with Crippen LogP contribution in [-0.4, -0.2) is 42.4 Å². The van der Waals surface area contributed by atoms with Crippen molar-refractivity contribution in [2.45, 2.75) is 26.8 Å². The van der Waals surface area contributed by atoms with E-state index in [1.165, 1.54) is 11.3 Å². The molecule has 186 valence electrons. The Hall–Kier alpha value is -3.85. The second-order valence-electron chi connectivity index (χ2n) is 8.41. The van der Waals surface area contributed by atoms with Gasteiger partial charge < -0.3 is 19.1 Å². The highest BCUT2D eigenvalue weighted by molar-refractivity contribution is 7.07. The van der Waals surface area contributed by atoms with Crippen molar-refractivity contribution in [3.8, 4) is 17.2 Å². The number of nitrogens with zero attached hydrogens (tertiary/aromatic N) is 3. The first-order valence-electron chi connectivity index (χ1n) is 11.8. The molecule has 0 aliphatic carbocycles. The number of benzene rings is 2. The van der Waals surface area contributed by atoms with E-state index >= 15 is 0 Å².